The molecule has 0 unspecified atom stereocenters. The Morgan fingerprint density at radius 3 is 2.28 bits per heavy atom. The Hall–Kier alpha value is -7.25. The zero-order chi connectivity index (χ0) is 53.9. The van der Waals surface area contributed by atoms with Crippen LogP contribution in [0.25, 0.3) is 22.5 Å². The van der Waals surface area contributed by atoms with Crippen molar-refractivity contribution in [2.45, 2.75) is 108 Å². The Morgan fingerprint density at radius 2 is 1.55 bits per heavy atom. The van der Waals surface area contributed by atoms with E-state index in [2.05, 4.69) is 50.4 Å². The number of benzene rings is 2. The van der Waals surface area contributed by atoms with E-state index in [1.54, 1.807) is 23.2 Å². The van der Waals surface area contributed by atoms with Crippen LogP contribution in [0, 0.1) is 11.8 Å². The Balaban J connectivity index is 0.584. The van der Waals surface area contributed by atoms with Crippen molar-refractivity contribution in [1.29, 1.82) is 0 Å². The Morgan fingerprint density at radius 1 is 0.795 bits per heavy atom. The lowest BCUT2D eigenvalue weighted by molar-refractivity contribution is -0.141. The summed E-state index contributed by atoms with van der Waals surface area (Å²) in [5, 5.41) is 30.8. The van der Waals surface area contributed by atoms with Gasteiger partial charge in [-0.25, -0.2) is 4.98 Å². The van der Waals surface area contributed by atoms with E-state index in [0.717, 1.165) is 138 Å². The predicted molar refractivity (Wildman–Crippen MR) is 299 cm³/mol. The van der Waals surface area contributed by atoms with Crippen LogP contribution in [0.2, 0.25) is 0 Å². The van der Waals surface area contributed by atoms with Crippen LogP contribution < -0.4 is 30.5 Å². The number of nitrogens with one attached hydrogen (secondary N) is 1. The van der Waals surface area contributed by atoms with Gasteiger partial charge in [-0.3, -0.25) is 14.3 Å². The molecule has 0 spiro atoms. The third-order valence-corrected chi connectivity index (χ3v) is 16.9. The average molecular weight is 1060 g/mol. The number of phenols is 1. The summed E-state index contributed by atoms with van der Waals surface area (Å²) in [6, 6.07) is 24.5. The first-order chi connectivity index (χ1) is 37.9. The number of carbonyl (C=O) groups is 2. The molecule has 6 aromatic rings. The molecule has 4 N–H and O–H groups in total. The van der Waals surface area contributed by atoms with Crippen molar-refractivity contribution < 1.29 is 28.7 Å². The zero-order valence-electron chi connectivity index (χ0n) is 45.5. The minimum absolute atomic E-state index is 0.0414. The van der Waals surface area contributed by atoms with Crippen LogP contribution in [0.1, 0.15) is 95.4 Å². The molecule has 5 fully saturated rings. The second-order valence-corrected chi connectivity index (χ2v) is 22.4. The van der Waals surface area contributed by atoms with E-state index in [0.29, 0.717) is 47.6 Å². The molecule has 3 atom stereocenters. The number of aromatic hydroxyl groups is 1. The van der Waals surface area contributed by atoms with Gasteiger partial charge in [0, 0.05) is 121 Å². The highest BCUT2D eigenvalue weighted by Gasteiger charge is 2.41. The van der Waals surface area contributed by atoms with Crippen LogP contribution in [0.4, 0.5) is 23.0 Å². The third-order valence-electron chi connectivity index (χ3n) is 16.9. The van der Waals surface area contributed by atoms with E-state index in [1.165, 1.54) is 0 Å². The minimum atomic E-state index is -0.533. The number of ether oxygens (including phenoxy) is 2. The second-order valence-electron chi connectivity index (χ2n) is 22.4. The Kier molecular flexibility index (Phi) is 15.8. The number of piperidine rings is 2. The summed E-state index contributed by atoms with van der Waals surface area (Å²) in [5.74, 6) is 2.35. The maximum Gasteiger partial charge on any atom is 0.243 e. The molecule has 1 aliphatic carbocycles. The molecule has 4 aliphatic heterocycles. The average Bonchev–Trinajstić information content (AvgIpc) is 4.29. The largest absolute Gasteiger partial charge is 0.507 e. The number of rotatable bonds is 17. The van der Waals surface area contributed by atoms with Crippen LogP contribution in [0.3, 0.4) is 0 Å². The van der Waals surface area contributed by atoms with E-state index in [-0.39, 0.29) is 47.8 Å². The molecule has 19 heteroatoms. The van der Waals surface area contributed by atoms with Gasteiger partial charge in [0.2, 0.25) is 17.7 Å². The summed E-state index contributed by atoms with van der Waals surface area (Å²) in [5.41, 5.74) is 12.5. The van der Waals surface area contributed by atoms with Gasteiger partial charge in [0.15, 0.2) is 17.4 Å². The summed E-state index contributed by atoms with van der Waals surface area (Å²) in [6.07, 6.45) is 11.6. The number of anilines is 4. The predicted octanol–water partition coefficient (Wildman–Crippen LogP) is 7.46. The summed E-state index contributed by atoms with van der Waals surface area (Å²) in [6.45, 7) is 14.7. The number of hydrogen-bond donors (Lipinski definition) is 3. The number of likely N-dealkylation sites (tertiary alicyclic amines) is 2. The number of phenolic OH excluding ortho intramolecular Hbond substituents is 1. The summed E-state index contributed by atoms with van der Waals surface area (Å²) in [4.78, 5) is 43.9. The number of aromatic nitrogens is 6. The van der Waals surface area contributed by atoms with Gasteiger partial charge in [-0.2, -0.15) is 5.10 Å². The molecule has 19 nitrogen and oxygen atoms in total. The van der Waals surface area contributed by atoms with Crippen LogP contribution in [-0.4, -0.2) is 147 Å². The van der Waals surface area contributed by atoms with E-state index in [9.17, 15) is 14.7 Å². The summed E-state index contributed by atoms with van der Waals surface area (Å²) >= 11 is 0. The Labute approximate surface area is 457 Å². The highest BCUT2D eigenvalue weighted by Crippen LogP contribution is 2.37. The number of para-hydroxylation sites is 1. The second kappa shape index (κ2) is 23.4. The van der Waals surface area contributed by atoms with E-state index in [1.807, 2.05) is 105 Å². The van der Waals surface area contributed by atoms with E-state index in [4.69, 9.17) is 19.7 Å². The van der Waals surface area contributed by atoms with Gasteiger partial charge in [0.25, 0.3) is 0 Å². The monoisotopic (exact) mass is 1060 g/mol. The quantitative estimate of drug-likeness (QED) is 0.0810. The molecule has 412 valence electrons. The summed E-state index contributed by atoms with van der Waals surface area (Å²) < 4.78 is 20.8. The van der Waals surface area contributed by atoms with Crippen LogP contribution in [-0.2, 0) is 21.4 Å². The van der Waals surface area contributed by atoms with Gasteiger partial charge < -0.3 is 54.7 Å². The zero-order valence-corrected chi connectivity index (χ0v) is 45.5. The van der Waals surface area contributed by atoms with Gasteiger partial charge in [-0.05, 0) is 98.7 Å². The molecule has 1 saturated carbocycles. The fourth-order valence-electron chi connectivity index (χ4n) is 12.2. The molecule has 4 aromatic heterocycles. The van der Waals surface area contributed by atoms with E-state index < -0.39 is 12.0 Å². The SMILES string of the molecule is CC(C)[C@H](C(=O)N1CCC[C@H]1C(=O)N[C@@H](C)c1ccc(-c2ccnn2C)cc1)c1cc(N2CCC(CN3CCC(OC4CC(Oc5cc(N6CCN(c7cc(-c8ccccc8O)nnc7N)CC6)ccn5)C4)CC3)CC2)no1. The van der Waals surface area contributed by atoms with Crippen LogP contribution in [0.15, 0.2) is 95.8 Å². The maximum absolute atomic E-state index is 14.4. The van der Waals surface area contributed by atoms with E-state index >= 15 is 0 Å². The highest BCUT2D eigenvalue weighted by molar-refractivity contribution is 5.91. The van der Waals surface area contributed by atoms with Crippen LogP contribution in [0.5, 0.6) is 11.6 Å². The van der Waals surface area contributed by atoms with Crippen molar-refractivity contribution in [3.63, 3.8) is 0 Å². The third kappa shape index (κ3) is 11.8. The van der Waals surface area contributed by atoms with Crippen molar-refractivity contribution in [3.05, 3.63) is 103 Å². The number of aryl methyl sites for hydroxylation is 1. The number of pyridine rings is 1. The molecular formula is C59H75N13O6. The van der Waals surface area contributed by atoms with Gasteiger partial charge in [-0.1, -0.05) is 55.4 Å². The number of nitrogen functional groups attached to an aromatic ring is 1. The number of piperazine rings is 1. The van der Waals surface area contributed by atoms with Crippen LogP contribution >= 0.6 is 0 Å². The van der Waals surface area contributed by atoms with Gasteiger partial charge in [0.05, 0.1) is 35.3 Å². The molecule has 8 heterocycles. The molecular weight excluding hydrogens is 987 g/mol. The lowest BCUT2D eigenvalue weighted by atomic mass is 9.91. The molecule has 11 rings (SSSR count). The van der Waals surface area contributed by atoms with Crippen molar-refractivity contribution in [3.8, 4) is 34.1 Å². The molecule has 78 heavy (non-hydrogen) atoms. The molecule has 4 saturated heterocycles. The number of carbonyl (C=O) groups excluding carboxylic acids is 2. The first kappa shape index (κ1) is 52.8. The standard InChI is InChI=1S/C59H75N13O6/c1-38(2)56(59(75)72-23-7-9-50(72)58(74)63-39(3)41-11-13-42(14-12-41)49-16-22-62-67(49)4)53-36-54(66-78-53)71-26-17-40(18-27-71)37-68-24-19-44(20-25-68)76-45-33-46(34-45)77-55-32-43(15-21-61-55)69-28-30-70(31-29-69)51-35-48(64-65-57(51)60)47-8-5-6-10-52(47)73/h5-6,8,10-16,21-22,32,35-36,38-40,44-46,50,56,73H,7,9,17-20,23-31,33-34,37H2,1-4H3,(H2,60,65)(H,63,74)/t39-,45?,46?,50-,56-/m0/s1. The normalized spacial score (nSPS) is 21.4. The fourth-order valence-corrected chi connectivity index (χ4v) is 12.2. The smallest absolute Gasteiger partial charge is 0.243 e. The molecule has 2 amide bonds. The van der Waals surface area contributed by atoms with Crippen molar-refractivity contribution in [1.82, 2.24) is 45.2 Å². The van der Waals surface area contributed by atoms with Crippen molar-refractivity contribution in [2.24, 2.45) is 18.9 Å². The van der Waals surface area contributed by atoms with Crippen molar-refractivity contribution in [2.75, 3.05) is 85.9 Å². The minimum Gasteiger partial charge on any atom is -0.507 e. The van der Waals surface area contributed by atoms with Gasteiger partial charge in [0.1, 0.15) is 23.8 Å². The Bertz CT molecular complexity index is 2990. The fraction of sp³-hybridized carbons (Fsp3) is 0.508. The van der Waals surface area contributed by atoms with Gasteiger partial charge in [-0.15, -0.1) is 10.2 Å². The molecule has 0 radical (unpaired) electrons. The topological polar surface area (TPSA) is 210 Å². The maximum atomic E-state index is 14.4. The number of nitrogens with two attached hydrogens (primary N) is 1. The summed E-state index contributed by atoms with van der Waals surface area (Å²) in [7, 11) is 1.92. The number of hydrogen-bond acceptors (Lipinski definition) is 16. The first-order valence-corrected chi connectivity index (χ1v) is 28.2. The highest BCUT2D eigenvalue weighted by atomic mass is 16.5. The lowest BCUT2D eigenvalue weighted by Crippen LogP contribution is -2.48. The number of nitrogens with zero attached hydrogens (tertiary/aromatic N) is 11. The molecule has 2 aromatic carbocycles. The first-order valence-electron chi connectivity index (χ1n) is 28.2. The molecule has 0 bridgehead atoms. The molecule has 5 aliphatic rings. The number of amides is 2. The lowest BCUT2D eigenvalue weighted by Gasteiger charge is -2.41. The van der Waals surface area contributed by atoms with Crippen molar-refractivity contribution >= 4 is 34.8 Å². The van der Waals surface area contributed by atoms with Gasteiger partial charge >= 0.3 is 0 Å².